The maximum absolute atomic E-state index is 12.6. The summed E-state index contributed by atoms with van der Waals surface area (Å²) in [6, 6.07) is 7.05. The molecule has 1 N–H and O–H groups in total. The minimum Gasteiger partial charge on any atom is -0.469 e. The maximum atomic E-state index is 12.6. The Bertz CT molecular complexity index is 808. The fourth-order valence-corrected chi connectivity index (χ4v) is 2.53. The van der Waals surface area contributed by atoms with Crippen molar-refractivity contribution in [3.05, 3.63) is 46.4 Å². The van der Waals surface area contributed by atoms with Crippen LogP contribution in [0.25, 0.3) is 10.8 Å². The van der Waals surface area contributed by atoms with Crippen LogP contribution < -0.4 is 10.9 Å². The fourth-order valence-electron chi connectivity index (χ4n) is 2.53. The lowest BCUT2D eigenvalue weighted by molar-refractivity contribution is -0.140. The average Bonchev–Trinajstić information content (AvgIpc) is 2.56. The van der Waals surface area contributed by atoms with Gasteiger partial charge in [0.2, 0.25) is 0 Å². The zero-order chi connectivity index (χ0) is 17.7. The number of methoxy groups -OCH3 is 1. The Kier molecular flexibility index (Phi) is 5.73. The van der Waals surface area contributed by atoms with Gasteiger partial charge in [-0.15, -0.1) is 0 Å². The monoisotopic (exact) mass is 330 g/mol. The van der Waals surface area contributed by atoms with E-state index in [1.54, 1.807) is 35.0 Å². The molecule has 6 nitrogen and oxygen atoms in total. The van der Waals surface area contributed by atoms with E-state index in [1.165, 1.54) is 7.11 Å². The molecule has 0 aliphatic heterocycles. The second-order valence-electron chi connectivity index (χ2n) is 6.02. The highest BCUT2D eigenvalue weighted by Crippen LogP contribution is 2.16. The van der Waals surface area contributed by atoms with Gasteiger partial charge < -0.3 is 14.6 Å². The van der Waals surface area contributed by atoms with Gasteiger partial charge in [0.15, 0.2) is 0 Å². The van der Waals surface area contributed by atoms with Crippen molar-refractivity contribution in [2.45, 2.75) is 26.8 Å². The zero-order valence-electron chi connectivity index (χ0n) is 14.2. The Labute approximate surface area is 140 Å². The minimum atomic E-state index is -0.384. The molecule has 0 unspecified atom stereocenters. The first-order chi connectivity index (χ1) is 11.4. The van der Waals surface area contributed by atoms with Crippen LogP contribution in [-0.4, -0.2) is 30.1 Å². The third-order valence-electron chi connectivity index (χ3n) is 3.64. The number of fused-ring (bicyclic) bond motifs is 1. The van der Waals surface area contributed by atoms with Crippen molar-refractivity contribution >= 4 is 22.6 Å². The summed E-state index contributed by atoms with van der Waals surface area (Å²) in [6.07, 6.45) is 1.70. The van der Waals surface area contributed by atoms with Gasteiger partial charge in [-0.05, 0) is 12.0 Å². The Hall–Kier alpha value is -2.63. The Morgan fingerprint density at radius 3 is 2.50 bits per heavy atom. The quantitative estimate of drug-likeness (QED) is 0.821. The molecule has 128 valence electrons. The smallest absolute Gasteiger partial charge is 0.307 e. The molecule has 0 spiro atoms. The molecule has 24 heavy (non-hydrogen) atoms. The van der Waals surface area contributed by atoms with Gasteiger partial charge in [0.1, 0.15) is 0 Å². The molecule has 0 radical (unpaired) electrons. The van der Waals surface area contributed by atoms with E-state index in [2.05, 4.69) is 10.1 Å². The molecule has 1 heterocycles. The molecule has 0 aliphatic carbocycles. The molecule has 0 saturated heterocycles. The van der Waals surface area contributed by atoms with E-state index >= 15 is 0 Å². The first kappa shape index (κ1) is 17.7. The van der Waals surface area contributed by atoms with Crippen molar-refractivity contribution < 1.29 is 14.3 Å². The number of rotatable bonds is 6. The van der Waals surface area contributed by atoms with Crippen LogP contribution in [0.3, 0.4) is 0 Å². The maximum Gasteiger partial charge on any atom is 0.307 e. The van der Waals surface area contributed by atoms with Gasteiger partial charge in [-0.25, -0.2) is 0 Å². The van der Waals surface area contributed by atoms with E-state index in [0.717, 1.165) is 0 Å². The highest BCUT2D eigenvalue weighted by atomic mass is 16.5. The number of benzene rings is 1. The van der Waals surface area contributed by atoms with E-state index in [0.29, 0.717) is 22.9 Å². The predicted octanol–water partition coefficient (Wildman–Crippen LogP) is 1.95. The molecule has 1 amide bonds. The third-order valence-corrected chi connectivity index (χ3v) is 3.64. The summed E-state index contributed by atoms with van der Waals surface area (Å²) in [7, 11) is 1.31. The molecule has 1 aromatic carbocycles. The summed E-state index contributed by atoms with van der Waals surface area (Å²) < 4.78 is 6.12. The summed E-state index contributed by atoms with van der Waals surface area (Å²) in [5.41, 5.74) is 0.320. The lowest BCUT2D eigenvalue weighted by Crippen LogP contribution is -2.30. The number of carbonyl (C=O) groups is 2. The number of ether oxygens (including phenoxy) is 1. The largest absolute Gasteiger partial charge is 0.469 e. The molecule has 0 aliphatic rings. The predicted molar refractivity (Wildman–Crippen MR) is 92.0 cm³/mol. The summed E-state index contributed by atoms with van der Waals surface area (Å²) in [4.78, 5) is 36.2. The number of nitrogens with zero attached hydrogens (tertiary/aromatic N) is 1. The SMILES string of the molecule is COC(=O)CCNC(=O)c1cn(CC(C)C)c(=O)c2ccccc12. The van der Waals surface area contributed by atoms with Crippen molar-refractivity contribution in [3.8, 4) is 0 Å². The summed E-state index contributed by atoms with van der Waals surface area (Å²) in [6.45, 7) is 4.74. The highest BCUT2D eigenvalue weighted by molar-refractivity contribution is 6.06. The van der Waals surface area contributed by atoms with E-state index < -0.39 is 0 Å². The topological polar surface area (TPSA) is 77.4 Å². The summed E-state index contributed by atoms with van der Waals surface area (Å²) in [5.74, 6) is -0.420. The first-order valence-electron chi connectivity index (χ1n) is 7.91. The molecule has 6 heteroatoms. The molecule has 1 aromatic heterocycles. The van der Waals surface area contributed by atoms with Crippen LogP contribution in [-0.2, 0) is 16.1 Å². The average molecular weight is 330 g/mol. The van der Waals surface area contributed by atoms with Crippen LogP contribution in [0.4, 0.5) is 0 Å². The molecule has 0 bridgehead atoms. The number of amides is 1. The number of esters is 1. The van der Waals surface area contributed by atoms with Gasteiger partial charge >= 0.3 is 5.97 Å². The zero-order valence-corrected chi connectivity index (χ0v) is 14.2. The third kappa shape index (κ3) is 4.01. The lowest BCUT2D eigenvalue weighted by atomic mass is 10.1. The van der Waals surface area contributed by atoms with Crippen LogP contribution in [0.2, 0.25) is 0 Å². The first-order valence-corrected chi connectivity index (χ1v) is 7.91. The highest BCUT2D eigenvalue weighted by Gasteiger charge is 2.15. The van der Waals surface area contributed by atoms with Crippen LogP contribution in [0.5, 0.6) is 0 Å². The molecule has 0 atom stereocenters. The number of hydrogen-bond acceptors (Lipinski definition) is 4. The van der Waals surface area contributed by atoms with Crippen LogP contribution in [0.1, 0.15) is 30.6 Å². The van der Waals surface area contributed by atoms with E-state index in [9.17, 15) is 14.4 Å². The second kappa shape index (κ2) is 7.77. The standard InChI is InChI=1S/C18H22N2O4/c1-12(2)10-20-11-15(17(22)19-9-8-16(21)24-3)13-6-4-5-7-14(13)18(20)23/h4-7,11-12H,8-10H2,1-3H3,(H,19,22). The van der Waals surface area contributed by atoms with Crippen LogP contribution in [0.15, 0.2) is 35.3 Å². The Morgan fingerprint density at radius 2 is 1.88 bits per heavy atom. The minimum absolute atomic E-state index is 0.103. The van der Waals surface area contributed by atoms with Crippen molar-refractivity contribution in [2.75, 3.05) is 13.7 Å². The van der Waals surface area contributed by atoms with Gasteiger partial charge in [0.25, 0.3) is 11.5 Å². The van der Waals surface area contributed by atoms with Gasteiger partial charge in [0.05, 0.1) is 19.1 Å². The Morgan fingerprint density at radius 1 is 1.21 bits per heavy atom. The van der Waals surface area contributed by atoms with Crippen molar-refractivity contribution in [1.82, 2.24) is 9.88 Å². The molecule has 2 aromatic rings. The van der Waals surface area contributed by atoms with E-state index in [1.807, 2.05) is 13.8 Å². The van der Waals surface area contributed by atoms with Gasteiger partial charge in [0, 0.05) is 30.1 Å². The number of nitrogens with one attached hydrogen (secondary N) is 1. The Balaban J connectivity index is 2.37. The van der Waals surface area contributed by atoms with Crippen molar-refractivity contribution in [1.29, 1.82) is 0 Å². The normalized spacial score (nSPS) is 10.8. The number of carbonyl (C=O) groups excluding carboxylic acids is 2. The van der Waals surface area contributed by atoms with Gasteiger partial charge in [-0.1, -0.05) is 32.0 Å². The molecule has 0 fully saturated rings. The van der Waals surface area contributed by atoms with E-state index in [-0.39, 0.29) is 36.3 Å². The van der Waals surface area contributed by atoms with Crippen LogP contribution in [0, 0.1) is 5.92 Å². The summed E-state index contributed by atoms with van der Waals surface area (Å²) >= 11 is 0. The molecular weight excluding hydrogens is 308 g/mol. The van der Waals surface area contributed by atoms with Crippen molar-refractivity contribution in [3.63, 3.8) is 0 Å². The van der Waals surface area contributed by atoms with Crippen molar-refractivity contribution in [2.24, 2.45) is 5.92 Å². The second-order valence-corrected chi connectivity index (χ2v) is 6.02. The molecular formula is C18H22N2O4. The van der Waals surface area contributed by atoms with Crippen LogP contribution >= 0.6 is 0 Å². The lowest BCUT2D eigenvalue weighted by Gasteiger charge is -2.14. The van der Waals surface area contributed by atoms with E-state index in [4.69, 9.17) is 0 Å². The van der Waals surface area contributed by atoms with Gasteiger partial charge in [-0.3, -0.25) is 14.4 Å². The molecule has 2 rings (SSSR count). The molecule has 0 saturated carbocycles. The number of pyridine rings is 1. The summed E-state index contributed by atoms with van der Waals surface area (Å²) in [5, 5.41) is 3.82. The fraction of sp³-hybridized carbons (Fsp3) is 0.389. The number of hydrogen-bond donors (Lipinski definition) is 1. The number of aromatic nitrogens is 1. The van der Waals surface area contributed by atoms with Gasteiger partial charge in [-0.2, -0.15) is 0 Å².